The molecule has 2 rings (SSSR count). The molecule has 0 aromatic carbocycles. The van der Waals surface area contributed by atoms with Gasteiger partial charge in [0.2, 0.25) is 0 Å². The fraction of sp³-hybridized carbons (Fsp3) is 0.818. The first-order chi connectivity index (χ1) is 11.7. The lowest BCUT2D eigenvalue weighted by Gasteiger charge is -2.15. The van der Waals surface area contributed by atoms with Gasteiger partial charge < -0.3 is 5.11 Å². The SMILES string of the molecule is CCCCCCCCCCCCCCCCC12C=CC=CC1(O)S2. The van der Waals surface area contributed by atoms with Crippen LogP contribution in [-0.2, 0) is 0 Å². The van der Waals surface area contributed by atoms with Crippen LogP contribution in [-0.4, -0.2) is 14.8 Å². The van der Waals surface area contributed by atoms with Crippen molar-refractivity contribution in [3.63, 3.8) is 0 Å². The predicted octanol–water partition coefficient (Wildman–Crippen LogP) is 7.16. The van der Waals surface area contributed by atoms with E-state index < -0.39 is 4.93 Å². The highest BCUT2D eigenvalue weighted by Crippen LogP contribution is 2.67. The Morgan fingerprint density at radius 1 is 0.667 bits per heavy atom. The van der Waals surface area contributed by atoms with Crippen molar-refractivity contribution in [1.29, 1.82) is 0 Å². The van der Waals surface area contributed by atoms with E-state index in [9.17, 15) is 5.11 Å². The molecule has 2 unspecified atom stereocenters. The van der Waals surface area contributed by atoms with E-state index in [1.807, 2.05) is 12.2 Å². The first-order valence-corrected chi connectivity index (χ1v) is 11.3. The van der Waals surface area contributed by atoms with Gasteiger partial charge >= 0.3 is 0 Å². The van der Waals surface area contributed by atoms with Crippen LogP contribution in [0.15, 0.2) is 24.3 Å². The van der Waals surface area contributed by atoms with E-state index in [0.29, 0.717) is 0 Å². The van der Waals surface area contributed by atoms with Crippen LogP contribution in [0, 0.1) is 0 Å². The fourth-order valence-corrected chi connectivity index (χ4v) is 5.16. The standard InChI is InChI=1S/C22H38OS/c1-2-3-4-5-6-7-8-9-10-11-12-13-14-15-18-21-19-16-17-20-22(21,23)24-21/h16-17,19-20,23H,2-15,18H2,1H3. The largest absolute Gasteiger partial charge is 0.374 e. The normalized spacial score (nSPS) is 27.4. The van der Waals surface area contributed by atoms with Gasteiger partial charge in [-0.1, -0.05) is 115 Å². The topological polar surface area (TPSA) is 20.2 Å². The molecule has 0 bridgehead atoms. The van der Waals surface area contributed by atoms with Crippen LogP contribution >= 0.6 is 11.8 Å². The zero-order chi connectivity index (χ0) is 17.1. The first-order valence-electron chi connectivity index (χ1n) is 10.5. The summed E-state index contributed by atoms with van der Waals surface area (Å²) in [6.45, 7) is 2.29. The maximum absolute atomic E-state index is 10.3. The molecule has 2 heteroatoms. The summed E-state index contributed by atoms with van der Waals surface area (Å²) in [6, 6.07) is 0. The molecule has 0 spiro atoms. The first kappa shape index (κ1) is 20.1. The molecule has 0 aromatic heterocycles. The van der Waals surface area contributed by atoms with Crippen LogP contribution in [0.5, 0.6) is 0 Å². The van der Waals surface area contributed by atoms with Crippen LogP contribution in [0.3, 0.4) is 0 Å². The molecule has 24 heavy (non-hydrogen) atoms. The van der Waals surface area contributed by atoms with E-state index in [-0.39, 0.29) is 4.75 Å². The number of hydrogen-bond donors (Lipinski definition) is 1. The number of allylic oxidation sites excluding steroid dienone is 2. The number of thioether (sulfide) groups is 1. The Kier molecular flexibility index (Phi) is 8.97. The highest BCUT2D eigenvalue weighted by atomic mass is 32.2. The third-order valence-electron chi connectivity index (χ3n) is 5.60. The molecule has 1 aliphatic heterocycles. The summed E-state index contributed by atoms with van der Waals surface area (Å²) >= 11 is 1.72. The van der Waals surface area contributed by atoms with E-state index >= 15 is 0 Å². The maximum Gasteiger partial charge on any atom is 0.148 e. The molecule has 0 saturated carbocycles. The second-order valence-corrected chi connectivity index (χ2v) is 9.31. The zero-order valence-corrected chi connectivity index (χ0v) is 16.6. The van der Waals surface area contributed by atoms with Crippen molar-refractivity contribution in [2.24, 2.45) is 0 Å². The second kappa shape index (κ2) is 10.7. The summed E-state index contributed by atoms with van der Waals surface area (Å²) in [5, 5.41) is 10.3. The highest BCUT2D eigenvalue weighted by molar-refractivity contribution is 8.09. The number of unbranched alkanes of at least 4 members (excludes halogenated alkanes) is 13. The van der Waals surface area contributed by atoms with Gasteiger partial charge in [0.15, 0.2) is 0 Å². The number of hydrogen-bond acceptors (Lipinski definition) is 2. The Hall–Kier alpha value is -0.210. The van der Waals surface area contributed by atoms with Crippen LogP contribution < -0.4 is 0 Å². The average molecular weight is 351 g/mol. The predicted molar refractivity (Wildman–Crippen MR) is 108 cm³/mol. The van der Waals surface area contributed by atoms with E-state index in [4.69, 9.17) is 0 Å². The molecule has 1 saturated heterocycles. The summed E-state index contributed by atoms with van der Waals surface area (Å²) in [5.41, 5.74) is 0. The van der Waals surface area contributed by atoms with Gasteiger partial charge in [-0.15, -0.1) is 11.8 Å². The maximum atomic E-state index is 10.3. The van der Waals surface area contributed by atoms with Crippen LogP contribution in [0.2, 0.25) is 0 Å². The van der Waals surface area contributed by atoms with Gasteiger partial charge in [0.1, 0.15) is 4.93 Å². The van der Waals surface area contributed by atoms with E-state index in [2.05, 4.69) is 19.1 Å². The number of fused-ring (bicyclic) bond motifs is 1. The van der Waals surface area contributed by atoms with Crippen LogP contribution in [0.1, 0.15) is 103 Å². The van der Waals surface area contributed by atoms with Crippen molar-refractivity contribution in [3.8, 4) is 0 Å². The van der Waals surface area contributed by atoms with Gasteiger partial charge in [-0.05, 0) is 12.5 Å². The van der Waals surface area contributed by atoms with Gasteiger partial charge in [0.25, 0.3) is 0 Å². The molecular formula is C22H38OS. The summed E-state index contributed by atoms with van der Waals surface area (Å²) in [6.07, 6.45) is 29.0. The molecule has 1 N–H and O–H groups in total. The van der Waals surface area contributed by atoms with Crippen molar-refractivity contribution >= 4 is 11.8 Å². The smallest absolute Gasteiger partial charge is 0.148 e. The Labute approximate surface area is 154 Å². The molecule has 2 aliphatic rings. The molecule has 1 heterocycles. The lowest BCUT2D eigenvalue weighted by molar-refractivity contribution is 0.193. The van der Waals surface area contributed by atoms with E-state index in [0.717, 1.165) is 6.42 Å². The minimum atomic E-state index is -0.571. The number of rotatable bonds is 15. The summed E-state index contributed by atoms with van der Waals surface area (Å²) in [4.78, 5) is -0.571. The Bertz CT molecular complexity index is 403. The van der Waals surface area contributed by atoms with Crippen LogP contribution in [0.4, 0.5) is 0 Å². The zero-order valence-electron chi connectivity index (χ0n) is 15.8. The third kappa shape index (κ3) is 6.26. The monoisotopic (exact) mass is 350 g/mol. The van der Waals surface area contributed by atoms with E-state index in [1.54, 1.807) is 11.8 Å². The molecule has 0 amide bonds. The van der Waals surface area contributed by atoms with Crippen molar-refractivity contribution in [2.45, 2.75) is 113 Å². The summed E-state index contributed by atoms with van der Waals surface area (Å²) in [5.74, 6) is 0. The van der Waals surface area contributed by atoms with Crippen LogP contribution in [0.25, 0.3) is 0 Å². The average Bonchev–Trinajstić information content (AvgIpc) is 3.21. The molecule has 2 atom stereocenters. The molecule has 0 radical (unpaired) electrons. The van der Waals surface area contributed by atoms with Crippen molar-refractivity contribution in [3.05, 3.63) is 24.3 Å². The lowest BCUT2D eigenvalue weighted by atomic mass is 9.91. The number of aliphatic hydroxyl groups is 1. The molecule has 1 aliphatic carbocycles. The molecule has 0 aromatic rings. The van der Waals surface area contributed by atoms with E-state index in [1.165, 1.54) is 89.9 Å². The minimum absolute atomic E-state index is 0.0267. The quantitative estimate of drug-likeness (QED) is 0.250. The molecule has 1 fully saturated rings. The summed E-state index contributed by atoms with van der Waals surface area (Å²) in [7, 11) is 0. The fourth-order valence-electron chi connectivity index (χ4n) is 3.87. The van der Waals surface area contributed by atoms with Crippen molar-refractivity contribution < 1.29 is 5.11 Å². The minimum Gasteiger partial charge on any atom is -0.374 e. The van der Waals surface area contributed by atoms with Gasteiger partial charge in [-0.25, -0.2) is 0 Å². The Balaban J connectivity index is 1.32. The van der Waals surface area contributed by atoms with Crippen molar-refractivity contribution in [1.82, 2.24) is 0 Å². The lowest BCUT2D eigenvalue weighted by Crippen LogP contribution is -2.23. The molecule has 138 valence electrons. The summed E-state index contributed by atoms with van der Waals surface area (Å²) < 4.78 is 0.0267. The highest BCUT2D eigenvalue weighted by Gasteiger charge is 2.65. The third-order valence-corrected chi connectivity index (χ3v) is 7.23. The Morgan fingerprint density at radius 2 is 1.12 bits per heavy atom. The van der Waals surface area contributed by atoms with Gasteiger partial charge in [0.05, 0.1) is 4.75 Å². The van der Waals surface area contributed by atoms with Crippen molar-refractivity contribution in [2.75, 3.05) is 0 Å². The molecular weight excluding hydrogens is 312 g/mol. The Morgan fingerprint density at radius 3 is 1.62 bits per heavy atom. The van der Waals surface area contributed by atoms with Gasteiger partial charge in [-0.3, -0.25) is 0 Å². The molecule has 1 nitrogen and oxygen atoms in total. The second-order valence-electron chi connectivity index (χ2n) is 7.75. The van der Waals surface area contributed by atoms with Gasteiger partial charge in [0, 0.05) is 0 Å². The van der Waals surface area contributed by atoms with Gasteiger partial charge in [-0.2, -0.15) is 0 Å².